The molecule has 2 aromatic rings. The molecule has 1 saturated heterocycles. The van der Waals surface area contributed by atoms with Gasteiger partial charge in [-0.3, -0.25) is 9.69 Å². The van der Waals surface area contributed by atoms with E-state index in [0.29, 0.717) is 36.2 Å². The number of para-hydroxylation sites is 1. The number of ether oxygens (including phenoxy) is 2. The molecule has 0 N–H and O–H groups in total. The van der Waals surface area contributed by atoms with Gasteiger partial charge in [-0.05, 0) is 31.9 Å². The zero-order chi connectivity index (χ0) is 20.3. The van der Waals surface area contributed by atoms with Gasteiger partial charge in [0.2, 0.25) is 15.9 Å². The van der Waals surface area contributed by atoms with Crippen molar-refractivity contribution in [3.8, 4) is 5.75 Å². The van der Waals surface area contributed by atoms with Crippen LogP contribution in [0.2, 0.25) is 0 Å². The maximum absolute atomic E-state index is 13.0. The van der Waals surface area contributed by atoms with E-state index in [1.807, 2.05) is 25.1 Å². The van der Waals surface area contributed by atoms with Crippen LogP contribution in [-0.4, -0.2) is 69.3 Å². The number of hydrogen-bond donors (Lipinski definition) is 0. The third-order valence-electron chi connectivity index (χ3n) is 4.54. The van der Waals surface area contributed by atoms with Crippen LogP contribution in [0.5, 0.6) is 5.75 Å². The largest absolute Gasteiger partial charge is 0.492 e. The lowest BCUT2D eigenvalue weighted by Crippen LogP contribution is -2.44. The molecular weight excluding hydrogens is 402 g/mol. The molecule has 1 atom stereocenters. The number of fused-ring (bicyclic) bond motifs is 1. The summed E-state index contributed by atoms with van der Waals surface area (Å²) >= 11 is 1.38. The van der Waals surface area contributed by atoms with Crippen molar-refractivity contribution in [3.63, 3.8) is 0 Å². The quantitative estimate of drug-likeness (QED) is 0.641. The summed E-state index contributed by atoms with van der Waals surface area (Å²) in [5.41, 5.74) is 0.700. The smallest absolute Gasteiger partial charge is 0.244 e. The van der Waals surface area contributed by atoms with Gasteiger partial charge in [-0.1, -0.05) is 17.4 Å². The average Bonchev–Trinajstić information content (AvgIpc) is 3.28. The SMILES string of the molecule is CCOc1cccc2sc(N(CC3CCCO3)C(=O)CN(C)S(C)(=O)=O)nc12. The molecule has 2 heterocycles. The van der Waals surface area contributed by atoms with Gasteiger partial charge in [-0.2, -0.15) is 4.31 Å². The predicted molar refractivity (Wildman–Crippen MR) is 110 cm³/mol. The van der Waals surface area contributed by atoms with E-state index in [1.165, 1.54) is 23.3 Å². The van der Waals surface area contributed by atoms with Crippen molar-refractivity contribution in [1.82, 2.24) is 9.29 Å². The normalized spacial score (nSPS) is 17.4. The first-order valence-electron chi connectivity index (χ1n) is 9.15. The lowest BCUT2D eigenvalue weighted by molar-refractivity contribution is -0.119. The summed E-state index contributed by atoms with van der Waals surface area (Å²) < 4.78 is 36.7. The molecule has 10 heteroatoms. The van der Waals surface area contributed by atoms with E-state index < -0.39 is 10.0 Å². The molecule has 154 valence electrons. The van der Waals surface area contributed by atoms with Crippen molar-refractivity contribution in [3.05, 3.63) is 18.2 Å². The van der Waals surface area contributed by atoms with Gasteiger partial charge in [-0.25, -0.2) is 13.4 Å². The van der Waals surface area contributed by atoms with Crippen LogP contribution in [0.4, 0.5) is 5.13 Å². The molecule has 1 aliphatic heterocycles. The van der Waals surface area contributed by atoms with E-state index >= 15 is 0 Å². The highest BCUT2D eigenvalue weighted by molar-refractivity contribution is 7.88. The first kappa shape index (κ1) is 21.0. The number of thiazole rings is 1. The van der Waals surface area contributed by atoms with Gasteiger partial charge < -0.3 is 9.47 Å². The van der Waals surface area contributed by atoms with E-state index in [2.05, 4.69) is 4.98 Å². The van der Waals surface area contributed by atoms with Gasteiger partial charge in [0.25, 0.3) is 0 Å². The minimum absolute atomic E-state index is 0.0779. The van der Waals surface area contributed by atoms with Crippen LogP contribution in [0.3, 0.4) is 0 Å². The molecular formula is C18H25N3O5S2. The zero-order valence-electron chi connectivity index (χ0n) is 16.3. The Bertz CT molecular complexity index is 938. The van der Waals surface area contributed by atoms with Crippen LogP contribution < -0.4 is 9.64 Å². The molecule has 1 unspecified atom stereocenters. The van der Waals surface area contributed by atoms with Crippen LogP contribution in [-0.2, 0) is 19.6 Å². The fourth-order valence-electron chi connectivity index (χ4n) is 2.97. The fraction of sp³-hybridized carbons (Fsp3) is 0.556. The van der Waals surface area contributed by atoms with E-state index in [9.17, 15) is 13.2 Å². The second-order valence-electron chi connectivity index (χ2n) is 6.69. The first-order chi connectivity index (χ1) is 13.3. The Morgan fingerprint density at radius 3 is 2.86 bits per heavy atom. The van der Waals surface area contributed by atoms with E-state index in [0.717, 1.165) is 28.1 Å². The number of amides is 1. The Morgan fingerprint density at radius 1 is 1.43 bits per heavy atom. The number of carbonyl (C=O) groups is 1. The number of anilines is 1. The van der Waals surface area contributed by atoms with E-state index in [-0.39, 0.29) is 18.6 Å². The Labute approximate surface area is 169 Å². The maximum atomic E-state index is 13.0. The predicted octanol–water partition coefficient (Wildman–Crippen LogP) is 2.10. The number of hydrogen-bond acceptors (Lipinski definition) is 7. The standard InChI is InChI=1S/C18H25N3O5S2/c1-4-25-14-8-5-9-15-17(14)19-18(27-15)21(11-13-7-6-10-26-13)16(22)12-20(2)28(3,23)24/h5,8-9,13H,4,6-7,10-12H2,1-3H3. The zero-order valence-corrected chi connectivity index (χ0v) is 17.9. The molecule has 1 fully saturated rings. The van der Waals surface area contributed by atoms with Crippen LogP contribution in [0.1, 0.15) is 19.8 Å². The topological polar surface area (TPSA) is 89.0 Å². The second kappa shape index (κ2) is 8.73. The number of benzene rings is 1. The van der Waals surface area contributed by atoms with Crippen LogP contribution in [0, 0.1) is 0 Å². The molecule has 0 aliphatic carbocycles. The summed E-state index contributed by atoms with van der Waals surface area (Å²) in [6, 6.07) is 5.66. The van der Waals surface area contributed by atoms with Crippen molar-refractivity contribution < 1.29 is 22.7 Å². The molecule has 28 heavy (non-hydrogen) atoms. The summed E-state index contributed by atoms with van der Waals surface area (Å²) in [6.45, 7) is 3.19. The van der Waals surface area contributed by atoms with E-state index in [1.54, 1.807) is 0 Å². The minimum Gasteiger partial charge on any atom is -0.492 e. The third kappa shape index (κ3) is 4.80. The molecule has 0 bridgehead atoms. The monoisotopic (exact) mass is 427 g/mol. The summed E-state index contributed by atoms with van der Waals surface area (Å²) in [7, 11) is -2.07. The van der Waals surface area contributed by atoms with Crippen molar-refractivity contribution in [1.29, 1.82) is 0 Å². The number of sulfonamides is 1. The maximum Gasteiger partial charge on any atom is 0.244 e. The van der Waals surface area contributed by atoms with Gasteiger partial charge in [0.1, 0.15) is 11.3 Å². The molecule has 1 amide bonds. The fourth-order valence-corrected chi connectivity index (χ4v) is 4.33. The van der Waals surface area contributed by atoms with Crippen molar-refractivity contribution in [2.24, 2.45) is 0 Å². The Balaban J connectivity index is 1.92. The molecule has 0 spiro atoms. The third-order valence-corrected chi connectivity index (χ3v) is 6.84. The highest BCUT2D eigenvalue weighted by atomic mass is 32.2. The number of carbonyl (C=O) groups excluding carboxylic acids is 1. The first-order valence-corrected chi connectivity index (χ1v) is 11.8. The molecule has 1 aliphatic rings. The van der Waals surface area contributed by atoms with Gasteiger partial charge in [0.15, 0.2) is 5.13 Å². The molecule has 1 aromatic carbocycles. The summed E-state index contributed by atoms with van der Waals surface area (Å²) in [5, 5.41) is 0.518. The van der Waals surface area contributed by atoms with E-state index in [4.69, 9.17) is 9.47 Å². The van der Waals surface area contributed by atoms with Crippen LogP contribution in [0.25, 0.3) is 10.2 Å². The number of likely N-dealkylation sites (N-methyl/N-ethyl adjacent to an activating group) is 1. The summed E-state index contributed by atoms with van der Waals surface area (Å²) in [5.74, 6) is 0.334. The summed E-state index contributed by atoms with van der Waals surface area (Å²) in [6.07, 6.45) is 2.81. The highest BCUT2D eigenvalue weighted by Crippen LogP contribution is 2.35. The number of nitrogens with zero attached hydrogens (tertiary/aromatic N) is 3. The lowest BCUT2D eigenvalue weighted by atomic mass is 10.2. The van der Waals surface area contributed by atoms with Crippen molar-refractivity contribution in [2.75, 3.05) is 44.5 Å². The summed E-state index contributed by atoms with van der Waals surface area (Å²) in [4.78, 5) is 19.2. The Kier molecular flexibility index (Phi) is 6.54. The van der Waals surface area contributed by atoms with Crippen LogP contribution >= 0.6 is 11.3 Å². The van der Waals surface area contributed by atoms with Gasteiger partial charge >= 0.3 is 0 Å². The highest BCUT2D eigenvalue weighted by Gasteiger charge is 2.28. The molecule has 8 nitrogen and oxygen atoms in total. The molecule has 0 saturated carbocycles. The number of rotatable bonds is 8. The van der Waals surface area contributed by atoms with Crippen molar-refractivity contribution >= 4 is 42.6 Å². The molecule has 3 rings (SSSR count). The van der Waals surface area contributed by atoms with Crippen LogP contribution in [0.15, 0.2) is 18.2 Å². The second-order valence-corrected chi connectivity index (χ2v) is 9.79. The molecule has 1 aromatic heterocycles. The average molecular weight is 428 g/mol. The number of aromatic nitrogens is 1. The molecule has 0 radical (unpaired) electrons. The Hall–Kier alpha value is -1.75. The Morgan fingerprint density at radius 2 is 2.21 bits per heavy atom. The van der Waals surface area contributed by atoms with Gasteiger partial charge in [0.05, 0.1) is 36.8 Å². The van der Waals surface area contributed by atoms with Gasteiger partial charge in [-0.15, -0.1) is 0 Å². The van der Waals surface area contributed by atoms with Crippen molar-refractivity contribution in [2.45, 2.75) is 25.9 Å². The minimum atomic E-state index is -3.46. The lowest BCUT2D eigenvalue weighted by Gasteiger charge is -2.25. The van der Waals surface area contributed by atoms with Gasteiger partial charge in [0, 0.05) is 13.7 Å².